The lowest BCUT2D eigenvalue weighted by molar-refractivity contribution is 0.0947. The molecule has 0 saturated heterocycles. The topological polar surface area (TPSA) is 71.2 Å². The maximum Gasteiger partial charge on any atom is 0.254 e. The van der Waals surface area contributed by atoms with E-state index >= 15 is 0 Å². The number of carbonyl (C=O) groups is 1. The molecule has 1 amide bonds. The van der Waals surface area contributed by atoms with Crippen molar-refractivity contribution < 1.29 is 4.79 Å². The number of nitrogen functional groups attached to an aromatic ring is 1. The van der Waals surface area contributed by atoms with Crippen LogP contribution in [0.1, 0.15) is 41.7 Å². The van der Waals surface area contributed by atoms with Crippen LogP contribution in [0.2, 0.25) is 0 Å². The minimum absolute atomic E-state index is 0.144. The predicted octanol–water partition coefficient (Wildman–Crippen LogP) is 1.58. The molecule has 3 N–H and O–H groups in total. The molecule has 1 aromatic rings. The van der Waals surface area contributed by atoms with Gasteiger partial charge in [0.15, 0.2) is 0 Å². The summed E-state index contributed by atoms with van der Waals surface area (Å²) in [5.74, 6) is -0.144. The zero-order valence-corrected chi connectivity index (χ0v) is 12.4. The van der Waals surface area contributed by atoms with E-state index in [1.165, 1.54) is 25.7 Å². The summed E-state index contributed by atoms with van der Waals surface area (Å²) in [6, 6.07) is 2.40. The van der Waals surface area contributed by atoms with Gasteiger partial charge in [-0.1, -0.05) is 12.8 Å². The highest BCUT2D eigenvalue weighted by Gasteiger charge is 2.19. The molecule has 20 heavy (non-hydrogen) atoms. The lowest BCUT2D eigenvalue weighted by atomic mass is 10.2. The van der Waals surface area contributed by atoms with Gasteiger partial charge in [-0.3, -0.25) is 9.78 Å². The Morgan fingerprint density at radius 2 is 2.20 bits per heavy atom. The van der Waals surface area contributed by atoms with Crippen molar-refractivity contribution >= 4 is 11.6 Å². The van der Waals surface area contributed by atoms with Crippen LogP contribution in [0.3, 0.4) is 0 Å². The molecule has 0 atom stereocenters. The highest BCUT2D eigenvalue weighted by Crippen LogP contribution is 2.21. The normalized spacial score (nSPS) is 15.8. The quantitative estimate of drug-likeness (QED) is 0.856. The molecule has 0 aromatic carbocycles. The van der Waals surface area contributed by atoms with Crippen LogP contribution < -0.4 is 11.1 Å². The molecule has 2 rings (SSSR count). The second kappa shape index (κ2) is 6.70. The number of anilines is 1. The number of aromatic nitrogens is 1. The summed E-state index contributed by atoms with van der Waals surface area (Å²) >= 11 is 0. The van der Waals surface area contributed by atoms with Crippen LogP contribution >= 0.6 is 0 Å². The van der Waals surface area contributed by atoms with Crippen LogP contribution in [-0.4, -0.2) is 42.0 Å². The average molecular weight is 276 g/mol. The van der Waals surface area contributed by atoms with E-state index in [0.717, 1.165) is 12.2 Å². The molecular formula is C15H24N4O. The first-order chi connectivity index (χ1) is 9.58. The zero-order chi connectivity index (χ0) is 14.5. The summed E-state index contributed by atoms with van der Waals surface area (Å²) in [6.07, 6.45) is 6.75. The summed E-state index contributed by atoms with van der Waals surface area (Å²) in [7, 11) is 2.13. The lowest BCUT2D eigenvalue weighted by Crippen LogP contribution is -2.37. The molecule has 1 aliphatic carbocycles. The van der Waals surface area contributed by atoms with E-state index in [2.05, 4.69) is 22.2 Å². The fourth-order valence-corrected chi connectivity index (χ4v) is 2.74. The van der Waals surface area contributed by atoms with Crippen molar-refractivity contribution in [3.05, 3.63) is 23.5 Å². The van der Waals surface area contributed by atoms with Crippen LogP contribution in [0.5, 0.6) is 0 Å². The number of hydrogen-bond acceptors (Lipinski definition) is 4. The molecule has 1 saturated carbocycles. The van der Waals surface area contributed by atoms with Crippen molar-refractivity contribution in [2.45, 2.75) is 38.6 Å². The summed E-state index contributed by atoms with van der Waals surface area (Å²) in [6.45, 7) is 3.36. The molecule has 1 aromatic heterocycles. The fraction of sp³-hybridized carbons (Fsp3) is 0.600. The third kappa shape index (κ3) is 3.70. The van der Waals surface area contributed by atoms with E-state index in [1.807, 2.05) is 6.92 Å². The third-order valence-electron chi connectivity index (χ3n) is 4.02. The Bertz CT molecular complexity index is 469. The van der Waals surface area contributed by atoms with Gasteiger partial charge in [-0.15, -0.1) is 0 Å². The Hall–Kier alpha value is -1.62. The number of nitrogens with zero attached hydrogens (tertiary/aromatic N) is 2. The van der Waals surface area contributed by atoms with Gasteiger partial charge < -0.3 is 16.0 Å². The number of hydrogen-bond donors (Lipinski definition) is 2. The Morgan fingerprint density at radius 3 is 2.85 bits per heavy atom. The van der Waals surface area contributed by atoms with E-state index in [9.17, 15) is 4.79 Å². The van der Waals surface area contributed by atoms with Crippen molar-refractivity contribution in [3.63, 3.8) is 0 Å². The minimum atomic E-state index is -0.144. The van der Waals surface area contributed by atoms with Gasteiger partial charge in [-0.25, -0.2) is 0 Å². The molecule has 5 heteroatoms. The first-order valence-electron chi connectivity index (χ1n) is 7.28. The standard InChI is InChI=1S/C15H24N4O/c1-11-9-14(16)13(10-18-11)15(20)17-7-8-19(2)12-5-3-4-6-12/h9-10,12H,3-8H2,1-2H3,(H2,16,18)(H,17,20). The van der Waals surface area contributed by atoms with Gasteiger partial charge in [-0.2, -0.15) is 0 Å². The number of amides is 1. The summed E-state index contributed by atoms with van der Waals surface area (Å²) in [5, 5.41) is 2.91. The van der Waals surface area contributed by atoms with Crippen molar-refractivity contribution in [1.29, 1.82) is 0 Å². The zero-order valence-electron chi connectivity index (χ0n) is 12.4. The van der Waals surface area contributed by atoms with E-state index < -0.39 is 0 Å². The van der Waals surface area contributed by atoms with E-state index in [4.69, 9.17) is 5.73 Å². The minimum Gasteiger partial charge on any atom is -0.398 e. The van der Waals surface area contributed by atoms with Gasteiger partial charge in [0.1, 0.15) is 0 Å². The molecule has 0 aliphatic heterocycles. The largest absolute Gasteiger partial charge is 0.398 e. The smallest absolute Gasteiger partial charge is 0.254 e. The van der Waals surface area contributed by atoms with Gasteiger partial charge in [0, 0.05) is 36.7 Å². The van der Waals surface area contributed by atoms with Crippen LogP contribution in [0.15, 0.2) is 12.3 Å². The van der Waals surface area contributed by atoms with Crippen molar-refractivity contribution in [2.75, 3.05) is 25.9 Å². The first kappa shape index (κ1) is 14.8. The lowest BCUT2D eigenvalue weighted by Gasteiger charge is -2.23. The summed E-state index contributed by atoms with van der Waals surface area (Å²) in [5.41, 5.74) is 7.60. The molecule has 0 radical (unpaired) electrons. The third-order valence-corrected chi connectivity index (χ3v) is 4.02. The van der Waals surface area contributed by atoms with Gasteiger partial charge in [-0.05, 0) is 32.9 Å². The second-order valence-corrected chi connectivity index (χ2v) is 5.59. The Morgan fingerprint density at radius 1 is 1.50 bits per heavy atom. The number of rotatable bonds is 5. The molecule has 0 bridgehead atoms. The molecule has 5 nitrogen and oxygen atoms in total. The Kier molecular flexibility index (Phi) is 4.95. The Labute approximate surface area is 120 Å². The van der Waals surface area contributed by atoms with Gasteiger partial charge in [0.05, 0.1) is 5.56 Å². The Balaban J connectivity index is 1.80. The fourth-order valence-electron chi connectivity index (χ4n) is 2.74. The maximum absolute atomic E-state index is 12.0. The number of nitrogens with one attached hydrogen (secondary N) is 1. The number of pyridine rings is 1. The van der Waals surface area contributed by atoms with Crippen molar-refractivity contribution in [1.82, 2.24) is 15.2 Å². The maximum atomic E-state index is 12.0. The van der Waals surface area contributed by atoms with E-state index in [0.29, 0.717) is 23.8 Å². The summed E-state index contributed by atoms with van der Waals surface area (Å²) in [4.78, 5) is 18.5. The average Bonchev–Trinajstić information content (AvgIpc) is 2.92. The molecule has 110 valence electrons. The van der Waals surface area contributed by atoms with Crippen LogP contribution in [0.25, 0.3) is 0 Å². The number of likely N-dealkylation sites (N-methyl/N-ethyl adjacent to an activating group) is 1. The van der Waals surface area contributed by atoms with Gasteiger partial charge >= 0.3 is 0 Å². The number of carbonyl (C=O) groups excluding carboxylic acids is 1. The first-order valence-corrected chi connectivity index (χ1v) is 7.28. The number of nitrogens with two attached hydrogens (primary N) is 1. The molecule has 1 fully saturated rings. The van der Waals surface area contributed by atoms with Crippen molar-refractivity contribution in [2.24, 2.45) is 0 Å². The molecule has 1 heterocycles. The molecule has 0 unspecified atom stereocenters. The number of aryl methyl sites for hydroxylation is 1. The van der Waals surface area contributed by atoms with Crippen LogP contribution in [0.4, 0.5) is 5.69 Å². The predicted molar refractivity (Wildman–Crippen MR) is 80.6 cm³/mol. The molecule has 0 spiro atoms. The highest BCUT2D eigenvalue weighted by atomic mass is 16.1. The van der Waals surface area contributed by atoms with E-state index in [-0.39, 0.29) is 5.91 Å². The molecular weight excluding hydrogens is 252 g/mol. The van der Waals surface area contributed by atoms with Crippen LogP contribution in [-0.2, 0) is 0 Å². The monoisotopic (exact) mass is 276 g/mol. The van der Waals surface area contributed by atoms with Crippen molar-refractivity contribution in [3.8, 4) is 0 Å². The molecule has 1 aliphatic rings. The second-order valence-electron chi connectivity index (χ2n) is 5.59. The van der Waals surface area contributed by atoms with Gasteiger partial charge in [0.2, 0.25) is 0 Å². The van der Waals surface area contributed by atoms with Gasteiger partial charge in [0.25, 0.3) is 5.91 Å². The van der Waals surface area contributed by atoms with E-state index in [1.54, 1.807) is 12.3 Å². The highest BCUT2D eigenvalue weighted by molar-refractivity contribution is 5.98. The SMILES string of the molecule is Cc1cc(N)c(C(=O)NCCN(C)C2CCCC2)cn1. The van der Waals surface area contributed by atoms with Crippen LogP contribution in [0, 0.1) is 6.92 Å². The summed E-state index contributed by atoms with van der Waals surface area (Å²) < 4.78 is 0.